The normalized spacial score (nSPS) is 21.3. The van der Waals surface area contributed by atoms with Gasteiger partial charge < -0.3 is 9.73 Å². The molecule has 1 heterocycles. The molecule has 1 atom stereocenters. The second-order valence-corrected chi connectivity index (χ2v) is 5.59. The van der Waals surface area contributed by atoms with E-state index in [2.05, 4.69) is 31.3 Å². The Morgan fingerprint density at radius 3 is 2.84 bits per heavy atom. The molecule has 1 aromatic rings. The van der Waals surface area contributed by atoms with Crippen molar-refractivity contribution in [3.8, 4) is 0 Å². The first-order valence-electron chi connectivity index (χ1n) is 7.79. The molecule has 0 saturated carbocycles. The molecule has 0 saturated heterocycles. The molecule has 1 aliphatic carbocycles. The van der Waals surface area contributed by atoms with Crippen LogP contribution in [0.1, 0.15) is 69.2 Å². The van der Waals surface area contributed by atoms with Gasteiger partial charge in [0.25, 0.3) is 0 Å². The Kier molecular flexibility index (Phi) is 5.71. The van der Waals surface area contributed by atoms with Crippen LogP contribution in [0.4, 0.5) is 0 Å². The van der Waals surface area contributed by atoms with Gasteiger partial charge in [-0.1, -0.05) is 25.8 Å². The number of hydrogen-bond donors (Lipinski definition) is 1. The minimum absolute atomic E-state index is 0.285. The van der Waals surface area contributed by atoms with Crippen molar-refractivity contribution in [1.82, 2.24) is 5.32 Å². The topological polar surface area (TPSA) is 25.2 Å². The maximum absolute atomic E-state index is 5.75. The summed E-state index contributed by atoms with van der Waals surface area (Å²) >= 11 is 0. The summed E-state index contributed by atoms with van der Waals surface area (Å²) in [7, 11) is 0. The standard InChI is InChI=1S/C17H27NO/c1-3-12-18-16(17-14(2)11-13-19-17)15-9-7-5-4-6-8-10-15/h9,11,13,16,18H,3-8,10,12H2,1-2H3/b15-9+. The molecule has 1 aromatic heterocycles. The van der Waals surface area contributed by atoms with E-state index in [0.717, 1.165) is 18.7 Å². The highest BCUT2D eigenvalue weighted by atomic mass is 16.3. The second-order valence-electron chi connectivity index (χ2n) is 5.59. The monoisotopic (exact) mass is 261 g/mol. The average molecular weight is 261 g/mol. The van der Waals surface area contributed by atoms with Crippen LogP contribution in [-0.2, 0) is 0 Å². The van der Waals surface area contributed by atoms with Gasteiger partial charge in [-0.15, -0.1) is 0 Å². The number of aryl methyl sites for hydroxylation is 1. The average Bonchev–Trinajstić information content (AvgIpc) is 2.78. The van der Waals surface area contributed by atoms with E-state index in [1.807, 2.05) is 6.26 Å². The molecule has 106 valence electrons. The zero-order valence-corrected chi connectivity index (χ0v) is 12.4. The number of allylic oxidation sites excluding steroid dienone is 1. The van der Waals surface area contributed by atoms with Gasteiger partial charge in [-0.25, -0.2) is 0 Å². The van der Waals surface area contributed by atoms with E-state index in [0.29, 0.717) is 0 Å². The predicted molar refractivity (Wildman–Crippen MR) is 80.3 cm³/mol. The summed E-state index contributed by atoms with van der Waals surface area (Å²) < 4.78 is 5.75. The Balaban J connectivity index is 2.18. The third-order valence-corrected chi connectivity index (χ3v) is 3.96. The smallest absolute Gasteiger partial charge is 0.127 e. The van der Waals surface area contributed by atoms with Crippen molar-refractivity contribution >= 4 is 0 Å². The molecule has 0 amide bonds. The number of rotatable bonds is 5. The molecular formula is C17H27NO. The molecule has 2 nitrogen and oxygen atoms in total. The highest BCUT2D eigenvalue weighted by Gasteiger charge is 2.21. The third kappa shape index (κ3) is 3.97. The van der Waals surface area contributed by atoms with Gasteiger partial charge in [0.05, 0.1) is 12.3 Å². The molecule has 0 radical (unpaired) electrons. The van der Waals surface area contributed by atoms with Crippen molar-refractivity contribution < 1.29 is 4.42 Å². The van der Waals surface area contributed by atoms with E-state index in [9.17, 15) is 0 Å². The minimum Gasteiger partial charge on any atom is -0.467 e. The Hall–Kier alpha value is -1.02. The largest absolute Gasteiger partial charge is 0.467 e. The Labute approximate surface area is 117 Å². The van der Waals surface area contributed by atoms with Crippen LogP contribution in [0.3, 0.4) is 0 Å². The van der Waals surface area contributed by atoms with Crippen molar-refractivity contribution in [2.75, 3.05) is 6.54 Å². The van der Waals surface area contributed by atoms with Gasteiger partial charge in [0, 0.05) is 0 Å². The van der Waals surface area contributed by atoms with Crippen molar-refractivity contribution in [2.45, 2.75) is 64.8 Å². The summed E-state index contributed by atoms with van der Waals surface area (Å²) in [6.07, 6.45) is 13.3. The summed E-state index contributed by atoms with van der Waals surface area (Å²) in [6, 6.07) is 2.35. The van der Waals surface area contributed by atoms with Crippen LogP contribution in [0.15, 0.2) is 28.4 Å². The molecule has 0 aromatic carbocycles. The molecule has 0 fully saturated rings. The molecule has 0 bridgehead atoms. The number of nitrogens with one attached hydrogen (secondary N) is 1. The highest BCUT2D eigenvalue weighted by molar-refractivity contribution is 5.27. The predicted octanol–water partition coefficient (Wildman–Crippen LogP) is 4.91. The van der Waals surface area contributed by atoms with Crippen LogP contribution in [0, 0.1) is 6.92 Å². The van der Waals surface area contributed by atoms with Gasteiger partial charge in [-0.05, 0) is 62.8 Å². The Morgan fingerprint density at radius 2 is 2.11 bits per heavy atom. The van der Waals surface area contributed by atoms with Crippen molar-refractivity contribution in [3.63, 3.8) is 0 Å². The third-order valence-electron chi connectivity index (χ3n) is 3.96. The maximum Gasteiger partial charge on any atom is 0.127 e. The quantitative estimate of drug-likeness (QED) is 0.762. The second kappa shape index (κ2) is 7.54. The van der Waals surface area contributed by atoms with Crippen LogP contribution in [-0.4, -0.2) is 6.54 Å². The fourth-order valence-corrected chi connectivity index (χ4v) is 2.84. The zero-order valence-electron chi connectivity index (χ0n) is 12.4. The van der Waals surface area contributed by atoms with E-state index in [1.54, 1.807) is 0 Å². The summed E-state index contributed by atoms with van der Waals surface area (Å²) in [4.78, 5) is 0. The van der Waals surface area contributed by atoms with Crippen molar-refractivity contribution in [3.05, 3.63) is 35.3 Å². The fourth-order valence-electron chi connectivity index (χ4n) is 2.84. The molecule has 2 rings (SSSR count). The first kappa shape index (κ1) is 14.4. The zero-order chi connectivity index (χ0) is 13.5. The lowest BCUT2D eigenvalue weighted by Gasteiger charge is -2.22. The van der Waals surface area contributed by atoms with E-state index >= 15 is 0 Å². The van der Waals surface area contributed by atoms with Crippen LogP contribution >= 0.6 is 0 Å². The fraction of sp³-hybridized carbons (Fsp3) is 0.647. The highest BCUT2D eigenvalue weighted by Crippen LogP contribution is 2.31. The molecule has 0 spiro atoms. The lowest BCUT2D eigenvalue weighted by atomic mass is 9.92. The molecule has 1 aliphatic rings. The van der Waals surface area contributed by atoms with Crippen molar-refractivity contribution in [2.24, 2.45) is 0 Å². The van der Waals surface area contributed by atoms with E-state index < -0.39 is 0 Å². The van der Waals surface area contributed by atoms with Gasteiger partial charge >= 0.3 is 0 Å². The van der Waals surface area contributed by atoms with E-state index in [-0.39, 0.29) is 6.04 Å². The van der Waals surface area contributed by atoms with Gasteiger partial charge in [-0.2, -0.15) is 0 Å². The van der Waals surface area contributed by atoms with Crippen LogP contribution in [0.2, 0.25) is 0 Å². The Bertz CT molecular complexity index is 405. The molecule has 1 unspecified atom stereocenters. The van der Waals surface area contributed by atoms with Crippen LogP contribution in [0.25, 0.3) is 0 Å². The molecule has 19 heavy (non-hydrogen) atoms. The van der Waals surface area contributed by atoms with Crippen molar-refractivity contribution in [1.29, 1.82) is 0 Å². The molecular weight excluding hydrogens is 234 g/mol. The summed E-state index contributed by atoms with van der Waals surface area (Å²) in [5.74, 6) is 1.11. The van der Waals surface area contributed by atoms with E-state index in [4.69, 9.17) is 4.42 Å². The Morgan fingerprint density at radius 1 is 1.26 bits per heavy atom. The first-order chi connectivity index (χ1) is 9.33. The van der Waals surface area contributed by atoms with Gasteiger partial charge in [-0.3, -0.25) is 0 Å². The maximum atomic E-state index is 5.75. The van der Waals surface area contributed by atoms with Gasteiger partial charge in [0.15, 0.2) is 0 Å². The lowest BCUT2D eigenvalue weighted by Crippen LogP contribution is -2.24. The molecule has 1 N–H and O–H groups in total. The summed E-state index contributed by atoms with van der Waals surface area (Å²) in [5.41, 5.74) is 2.79. The molecule has 2 heteroatoms. The summed E-state index contributed by atoms with van der Waals surface area (Å²) in [5, 5.41) is 3.67. The lowest BCUT2D eigenvalue weighted by molar-refractivity contribution is 0.428. The SMILES string of the molecule is CCCNC(/C1=C/CCCCCC1)c1occc1C. The van der Waals surface area contributed by atoms with Gasteiger partial charge in [0.2, 0.25) is 0 Å². The molecule has 0 aliphatic heterocycles. The minimum atomic E-state index is 0.285. The first-order valence-corrected chi connectivity index (χ1v) is 7.79. The summed E-state index contributed by atoms with van der Waals surface area (Å²) in [6.45, 7) is 5.40. The van der Waals surface area contributed by atoms with Gasteiger partial charge in [0.1, 0.15) is 5.76 Å². The van der Waals surface area contributed by atoms with Crippen LogP contribution in [0.5, 0.6) is 0 Å². The van der Waals surface area contributed by atoms with Crippen LogP contribution < -0.4 is 5.32 Å². The number of hydrogen-bond acceptors (Lipinski definition) is 2. The number of furan rings is 1. The van der Waals surface area contributed by atoms with E-state index in [1.165, 1.54) is 49.7 Å².